The summed E-state index contributed by atoms with van der Waals surface area (Å²) in [7, 11) is 0. The van der Waals surface area contributed by atoms with Gasteiger partial charge in [0.25, 0.3) is 6.71 Å². The van der Waals surface area contributed by atoms with Crippen molar-refractivity contribution in [1.29, 1.82) is 0 Å². The number of aromatic nitrogens is 1. The summed E-state index contributed by atoms with van der Waals surface area (Å²) in [5.41, 5.74) is 29.9. The average Bonchev–Trinajstić information content (AvgIpc) is 0.838. The van der Waals surface area contributed by atoms with Crippen LogP contribution in [0.3, 0.4) is 0 Å². The Kier molecular flexibility index (Phi) is 12.3. The quantitative estimate of drug-likeness (QED) is 0.147. The maximum absolute atomic E-state index is 2.60. The van der Waals surface area contributed by atoms with E-state index in [0.717, 1.165) is 17.1 Å². The molecular formula is C82H74BN3. The number of para-hydroxylation sites is 2. The van der Waals surface area contributed by atoms with Crippen LogP contribution in [0, 0.1) is 0 Å². The highest BCUT2D eigenvalue weighted by atomic mass is 15.2. The van der Waals surface area contributed by atoms with E-state index in [1.807, 2.05) is 0 Å². The molecule has 0 bridgehead atoms. The van der Waals surface area contributed by atoms with E-state index in [-0.39, 0.29) is 28.4 Å². The van der Waals surface area contributed by atoms with Crippen molar-refractivity contribution in [3.8, 4) is 50.2 Å². The number of anilines is 6. The average molecular weight is 1110 g/mol. The largest absolute Gasteiger partial charge is 0.311 e. The number of rotatable bonds is 7. The third kappa shape index (κ3) is 8.85. The molecule has 1 aromatic heterocycles. The molecule has 420 valence electrons. The van der Waals surface area contributed by atoms with Gasteiger partial charge in [-0.25, -0.2) is 0 Å². The predicted octanol–water partition coefficient (Wildman–Crippen LogP) is 20.5. The summed E-state index contributed by atoms with van der Waals surface area (Å²) < 4.78 is 2.51. The molecule has 0 saturated heterocycles. The first kappa shape index (κ1) is 53.6. The van der Waals surface area contributed by atoms with Gasteiger partial charge in [0.2, 0.25) is 0 Å². The number of hydrogen-bond donors (Lipinski definition) is 0. The molecule has 3 aliphatic rings. The van der Waals surface area contributed by atoms with E-state index in [1.165, 1.54) is 141 Å². The van der Waals surface area contributed by atoms with Crippen LogP contribution in [-0.2, 0) is 21.7 Å². The van der Waals surface area contributed by atoms with Gasteiger partial charge in [-0.05, 0) is 178 Å². The SMILES string of the molecule is CC(C)(C)c1cccc(-c2ccc3c(c2)B2c4cc(-c5cccc(C(C)(C)C)c5)ccc4N(c4ccc(-c5ccc6c(c5)C(C)(C)CCC6(C)C)cc4)c4cc(-n5c6ccccc6c6ccccc65)cc(c42)N3c2ccc(-c3ccccc3)cc2)c1. The van der Waals surface area contributed by atoms with Crippen LogP contribution in [0.4, 0.5) is 34.1 Å². The van der Waals surface area contributed by atoms with Crippen LogP contribution in [0.1, 0.15) is 104 Å². The zero-order valence-electron chi connectivity index (χ0n) is 51.4. The number of fused-ring (bicyclic) bond motifs is 8. The van der Waals surface area contributed by atoms with Crippen molar-refractivity contribution >= 4 is 79.0 Å². The zero-order chi connectivity index (χ0) is 59.0. The second-order valence-corrected chi connectivity index (χ2v) is 28.1. The Labute approximate surface area is 509 Å². The minimum atomic E-state index is -0.132. The van der Waals surface area contributed by atoms with Crippen LogP contribution in [-0.4, -0.2) is 11.3 Å². The minimum Gasteiger partial charge on any atom is -0.311 e. The summed E-state index contributed by atoms with van der Waals surface area (Å²) in [5.74, 6) is 0. The van der Waals surface area contributed by atoms with E-state index < -0.39 is 0 Å². The fourth-order valence-corrected chi connectivity index (χ4v) is 14.6. The van der Waals surface area contributed by atoms with E-state index in [9.17, 15) is 0 Å². The van der Waals surface area contributed by atoms with Gasteiger partial charge in [0.15, 0.2) is 0 Å². The Morgan fingerprint density at radius 1 is 0.326 bits per heavy atom. The Morgan fingerprint density at radius 3 is 1.22 bits per heavy atom. The lowest BCUT2D eigenvalue weighted by molar-refractivity contribution is 0.332. The minimum absolute atomic E-state index is 0.00579. The predicted molar refractivity (Wildman–Crippen MR) is 369 cm³/mol. The molecule has 0 amide bonds. The molecule has 0 fully saturated rings. The summed E-state index contributed by atoms with van der Waals surface area (Å²) in [5, 5.41) is 2.48. The molecule has 0 radical (unpaired) electrons. The lowest BCUT2D eigenvalue weighted by atomic mass is 9.33. The van der Waals surface area contributed by atoms with Crippen LogP contribution in [0.15, 0.2) is 243 Å². The molecule has 15 rings (SSSR count). The second kappa shape index (κ2) is 19.7. The van der Waals surface area contributed by atoms with Crippen LogP contribution in [0.5, 0.6) is 0 Å². The van der Waals surface area contributed by atoms with Crippen molar-refractivity contribution in [1.82, 2.24) is 4.57 Å². The summed E-state index contributed by atoms with van der Waals surface area (Å²) in [6.07, 6.45) is 2.38. The van der Waals surface area contributed by atoms with E-state index in [2.05, 4.69) is 326 Å². The van der Waals surface area contributed by atoms with E-state index in [4.69, 9.17) is 0 Å². The Bertz CT molecular complexity index is 4610. The second-order valence-electron chi connectivity index (χ2n) is 28.1. The van der Waals surface area contributed by atoms with Crippen molar-refractivity contribution in [2.45, 2.75) is 104 Å². The third-order valence-corrected chi connectivity index (χ3v) is 19.6. The van der Waals surface area contributed by atoms with Crippen molar-refractivity contribution < 1.29 is 0 Å². The molecule has 86 heavy (non-hydrogen) atoms. The zero-order valence-corrected chi connectivity index (χ0v) is 51.4. The Morgan fingerprint density at radius 2 is 0.721 bits per heavy atom. The summed E-state index contributed by atoms with van der Waals surface area (Å²) in [6.45, 7) is 23.5. The molecule has 0 saturated carbocycles. The van der Waals surface area contributed by atoms with Gasteiger partial charge in [0.05, 0.1) is 16.7 Å². The van der Waals surface area contributed by atoms with Crippen LogP contribution >= 0.6 is 0 Å². The van der Waals surface area contributed by atoms with Gasteiger partial charge < -0.3 is 14.4 Å². The molecule has 0 unspecified atom stereocenters. The van der Waals surface area contributed by atoms with Gasteiger partial charge in [-0.1, -0.05) is 251 Å². The first-order valence-electron chi connectivity index (χ1n) is 31.1. The van der Waals surface area contributed by atoms with Crippen molar-refractivity contribution in [3.63, 3.8) is 0 Å². The van der Waals surface area contributed by atoms with Crippen LogP contribution in [0.25, 0.3) is 72.0 Å². The van der Waals surface area contributed by atoms with Gasteiger partial charge in [-0.3, -0.25) is 0 Å². The molecule has 2 aliphatic heterocycles. The highest BCUT2D eigenvalue weighted by Crippen LogP contribution is 2.50. The topological polar surface area (TPSA) is 11.4 Å². The number of benzene rings is 11. The van der Waals surface area contributed by atoms with E-state index in [0.29, 0.717) is 0 Å². The van der Waals surface area contributed by atoms with Gasteiger partial charge >= 0.3 is 0 Å². The molecule has 11 aromatic carbocycles. The molecule has 0 N–H and O–H groups in total. The first-order valence-corrected chi connectivity index (χ1v) is 31.1. The summed E-state index contributed by atoms with van der Waals surface area (Å²) in [6, 6.07) is 92.8. The molecular weight excluding hydrogens is 1040 g/mol. The lowest BCUT2D eigenvalue weighted by Gasteiger charge is -2.44. The molecule has 0 atom stereocenters. The monoisotopic (exact) mass is 1110 g/mol. The van der Waals surface area contributed by atoms with Crippen LogP contribution in [0.2, 0.25) is 0 Å². The molecule has 3 heterocycles. The molecule has 12 aromatic rings. The highest BCUT2D eigenvalue weighted by molar-refractivity contribution is 7.00. The van der Waals surface area contributed by atoms with Gasteiger partial charge in [0, 0.05) is 44.9 Å². The van der Waals surface area contributed by atoms with Crippen molar-refractivity contribution in [2.75, 3.05) is 9.80 Å². The van der Waals surface area contributed by atoms with Gasteiger partial charge in [0.1, 0.15) is 0 Å². The van der Waals surface area contributed by atoms with Crippen molar-refractivity contribution in [3.05, 3.63) is 265 Å². The van der Waals surface area contributed by atoms with E-state index in [1.54, 1.807) is 0 Å². The third-order valence-electron chi connectivity index (χ3n) is 19.6. The normalized spacial score (nSPS) is 14.9. The fraction of sp³-hybridized carbons (Fsp3) is 0.195. The molecule has 1 aliphatic carbocycles. The summed E-state index contributed by atoms with van der Waals surface area (Å²) >= 11 is 0. The number of hydrogen-bond acceptors (Lipinski definition) is 2. The van der Waals surface area contributed by atoms with Crippen molar-refractivity contribution in [2.24, 2.45) is 0 Å². The van der Waals surface area contributed by atoms with Crippen LogP contribution < -0.4 is 26.2 Å². The molecule has 4 heteroatoms. The fourth-order valence-electron chi connectivity index (χ4n) is 14.6. The lowest BCUT2D eigenvalue weighted by Crippen LogP contribution is -2.61. The summed E-state index contributed by atoms with van der Waals surface area (Å²) in [4.78, 5) is 5.17. The maximum Gasteiger partial charge on any atom is 0.252 e. The van der Waals surface area contributed by atoms with Gasteiger partial charge in [-0.15, -0.1) is 0 Å². The number of nitrogens with zero attached hydrogens (tertiary/aromatic N) is 3. The Hall–Kier alpha value is -9.12. The molecule has 3 nitrogen and oxygen atoms in total. The van der Waals surface area contributed by atoms with E-state index >= 15 is 0 Å². The first-order chi connectivity index (χ1) is 41.4. The highest BCUT2D eigenvalue weighted by Gasteiger charge is 2.45. The van der Waals surface area contributed by atoms with Gasteiger partial charge in [-0.2, -0.15) is 0 Å². The smallest absolute Gasteiger partial charge is 0.252 e. The standard InChI is InChI=1S/C82H74BN3/c1-79(2,3)61-24-18-22-56(46-61)59-35-42-74-70(49-59)83-71-50-60(57-23-19-25-62(47-57)80(4,5)6)36-43-75(71)85(64-39-32-55(33-40-64)58-34-41-68-69(48-58)82(9,10)45-44-81(68,7)8)77-52-65(86-72-28-16-14-26-66(72)67-27-15-17-29-73(67)86)51-76(78(77)83)84(74)63-37-30-54(31-38-63)53-20-12-11-13-21-53/h11-43,46-52H,44-45H2,1-10H3. The Balaban J connectivity index is 1.02. The maximum atomic E-state index is 2.60. The molecule has 0 spiro atoms.